The van der Waals surface area contributed by atoms with Crippen LogP contribution in [0.2, 0.25) is 0 Å². The SMILES string of the molecule is [CH2-][NH+]1C(C)=Nc2ccccc21. The number of benzene rings is 1. The molecule has 0 spiro atoms. The van der Waals surface area contributed by atoms with Gasteiger partial charge in [0.05, 0.1) is 0 Å². The summed E-state index contributed by atoms with van der Waals surface area (Å²) in [5.74, 6) is 1.03. The highest BCUT2D eigenvalue weighted by molar-refractivity contribution is 5.84. The molecule has 0 aromatic heterocycles. The van der Waals surface area contributed by atoms with Gasteiger partial charge >= 0.3 is 0 Å². The van der Waals surface area contributed by atoms with E-state index in [1.54, 1.807) is 0 Å². The highest BCUT2D eigenvalue weighted by Crippen LogP contribution is 2.23. The maximum Gasteiger partial charge on any atom is 0.177 e. The van der Waals surface area contributed by atoms with E-state index in [1.165, 1.54) is 5.69 Å². The van der Waals surface area contributed by atoms with E-state index in [0.717, 1.165) is 16.4 Å². The average Bonchev–Trinajstić information content (AvgIpc) is 2.30. The molecule has 1 unspecified atom stereocenters. The molecule has 1 aliphatic rings. The standard InChI is InChI=1S/C9H10N2/c1-7-10-8-5-3-4-6-9(8)11(7)2/h3-6,11H,2H2,1H3. The summed E-state index contributed by atoms with van der Waals surface area (Å²) in [4.78, 5) is 5.41. The van der Waals surface area contributed by atoms with E-state index in [4.69, 9.17) is 0 Å². The summed E-state index contributed by atoms with van der Waals surface area (Å²) in [7, 11) is 3.95. The van der Waals surface area contributed by atoms with Crippen LogP contribution >= 0.6 is 0 Å². The molecule has 1 N–H and O–H groups in total. The van der Waals surface area contributed by atoms with Crippen molar-refractivity contribution in [3.05, 3.63) is 31.3 Å². The average molecular weight is 146 g/mol. The zero-order chi connectivity index (χ0) is 7.84. The van der Waals surface area contributed by atoms with E-state index >= 15 is 0 Å². The lowest BCUT2D eigenvalue weighted by Gasteiger charge is -2.12. The lowest BCUT2D eigenvalue weighted by atomic mass is 10.3. The van der Waals surface area contributed by atoms with Crippen LogP contribution in [0, 0.1) is 7.05 Å². The van der Waals surface area contributed by atoms with Crippen LogP contribution in [0.25, 0.3) is 0 Å². The molecule has 0 saturated heterocycles. The highest BCUT2D eigenvalue weighted by atomic mass is 15.2. The van der Waals surface area contributed by atoms with Crippen LogP contribution in [0.15, 0.2) is 29.3 Å². The van der Waals surface area contributed by atoms with Gasteiger partial charge < -0.3 is 4.90 Å². The van der Waals surface area contributed by atoms with E-state index in [1.807, 2.05) is 25.1 Å². The van der Waals surface area contributed by atoms with Crippen molar-refractivity contribution in [2.75, 3.05) is 0 Å². The van der Waals surface area contributed by atoms with Crippen molar-refractivity contribution >= 4 is 17.2 Å². The summed E-state index contributed by atoms with van der Waals surface area (Å²) in [5, 5.41) is 0. The van der Waals surface area contributed by atoms with E-state index in [9.17, 15) is 0 Å². The Morgan fingerprint density at radius 1 is 1.36 bits per heavy atom. The summed E-state index contributed by atoms with van der Waals surface area (Å²) < 4.78 is 0. The summed E-state index contributed by atoms with van der Waals surface area (Å²) >= 11 is 0. The molecule has 0 bridgehead atoms. The maximum absolute atomic E-state index is 4.35. The monoisotopic (exact) mass is 146 g/mol. The van der Waals surface area contributed by atoms with Gasteiger partial charge in [-0.3, -0.25) is 0 Å². The predicted molar refractivity (Wildman–Crippen MR) is 45.2 cm³/mol. The first-order chi connectivity index (χ1) is 5.29. The topological polar surface area (TPSA) is 16.8 Å². The number of hydrogen-bond acceptors (Lipinski definition) is 1. The van der Waals surface area contributed by atoms with Gasteiger partial charge in [0.2, 0.25) is 0 Å². The molecule has 1 aromatic rings. The van der Waals surface area contributed by atoms with Crippen LogP contribution in [-0.4, -0.2) is 5.84 Å². The molecule has 2 heteroatoms. The fourth-order valence-corrected chi connectivity index (χ4v) is 1.27. The fourth-order valence-electron chi connectivity index (χ4n) is 1.27. The van der Waals surface area contributed by atoms with Crippen molar-refractivity contribution in [1.29, 1.82) is 0 Å². The zero-order valence-electron chi connectivity index (χ0n) is 6.46. The summed E-state index contributed by atoms with van der Waals surface area (Å²) in [5.41, 5.74) is 2.22. The van der Waals surface area contributed by atoms with Gasteiger partial charge in [0, 0.05) is 6.92 Å². The van der Waals surface area contributed by atoms with Gasteiger partial charge in [0.25, 0.3) is 0 Å². The molecule has 0 amide bonds. The number of para-hydroxylation sites is 2. The normalized spacial score (nSPS) is 21.3. The molecule has 11 heavy (non-hydrogen) atoms. The molecule has 56 valence electrons. The van der Waals surface area contributed by atoms with Crippen molar-refractivity contribution in [1.82, 2.24) is 0 Å². The first kappa shape index (κ1) is 6.55. The molecule has 2 rings (SSSR count). The van der Waals surface area contributed by atoms with Gasteiger partial charge in [-0.25, -0.2) is 0 Å². The Morgan fingerprint density at radius 3 is 2.82 bits per heavy atom. The molecular formula is C9H10N2. The van der Waals surface area contributed by atoms with Gasteiger partial charge in [-0.05, 0) is 12.1 Å². The highest BCUT2D eigenvalue weighted by Gasteiger charge is 2.16. The summed E-state index contributed by atoms with van der Waals surface area (Å²) in [6.45, 7) is 1.99. The van der Waals surface area contributed by atoms with Gasteiger partial charge in [0.15, 0.2) is 5.84 Å². The molecule has 1 heterocycles. The number of fused-ring (bicyclic) bond motifs is 1. The van der Waals surface area contributed by atoms with E-state index in [0.29, 0.717) is 0 Å². The Balaban J connectivity index is 2.58. The van der Waals surface area contributed by atoms with Crippen molar-refractivity contribution in [3.8, 4) is 0 Å². The number of hydrogen-bond donors (Lipinski definition) is 1. The minimum absolute atomic E-state index is 1.03. The first-order valence-corrected chi connectivity index (χ1v) is 3.63. The largest absolute Gasteiger partial charge is 0.388 e. The third-order valence-electron chi connectivity index (χ3n) is 1.95. The van der Waals surface area contributed by atoms with Crippen molar-refractivity contribution < 1.29 is 4.90 Å². The Kier molecular flexibility index (Phi) is 1.29. The molecule has 0 aliphatic carbocycles. The van der Waals surface area contributed by atoms with Crippen LogP contribution in [-0.2, 0) is 0 Å². The Bertz CT molecular complexity index is 315. The quantitative estimate of drug-likeness (QED) is 0.527. The molecule has 1 aliphatic heterocycles. The molecule has 0 radical (unpaired) electrons. The minimum atomic E-state index is 1.03. The van der Waals surface area contributed by atoms with E-state index in [2.05, 4.69) is 18.1 Å². The van der Waals surface area contributed by atoms with Crippen molar-refractivity contribution in [3.63, 3.8) is 0 Å². The van der Waals surface area contributed by atoms with E-state index in [-0.39, 0.29) is 0 Å². The van der Waals surface area contributed by atoms with Crippen molar-refractivity contribution in [2.45, 2.75) is 6.92 Å². The van der Waals surface area contributed by atoms with E-state index < -0.39 is 0 Å². The second kappa shape index (κ2) is 2.17. The molecule has 0 saturated carbocycles. The summed E-state index contributed by atoms with van der Waals surface area (Å²) in [6.07, 6.45) is 0. The Hall–Kier alpha value is -1.15. The maximum atomic E-state index is 4.35. The third kappa shape index (κ3) is 0.870. The summed E-state index contributed by atoms with van der Waals surface area (Å²) in [6, 6.07) is 8.07. The third-order valence-corrected chi connectivity index (χ3v) is 1.95. The van der Waals surface area contributed by atoms with Gasteiger partial charge in [-0.2, -0.15) is 4.99 Å². The minimum Gasteiger partial charge on any atom is -0.388 e. The second-order valence-corrected chi connectivity index (χ2v) is 2.69. The number of aliphatic imine (C=N–C) groups is 1. The van der Waals surface area contributed by atoms with Gasteiger partial charge in [0.1, 0.15) is 11.4 Å². The lowest BCUT2D eigenvalue weighted by molar-refractivity contribution is -0.671. The van der Waals surface area contributed by atoms with Crippen LogP contribution in [0.4, 0.5) is 11.4 Å². The molecule has 2 nitrogen and oxygen atoms in total. The molecular weight excluding hydrogens is 136 g/mol. The zero-order valence-corrected chi connectivity index (χ0v) is 6.46. The van der Waals surface area contributed by atoms with Gasteiger partial charge in [-0.15, -0.1) is 7.05 Å². The van der Waals surface area contributed by atoms with Gasteiger partial charge in [-0.1, -0.05) is 12.1 Å². The van der Waals surface area contributed by atoms with Crippen LogP contribution in [0.5, 0.6) is 0 Å². The molecule has 0 fully saturated rings. The number of amidine groups is 1. The number of nitrogens with one attached hydrogen (secondary N) is 1. The number of nitrogens with zero attached hydrogens (tertiary/aromatic N) is 1. The number of quaternary nitrogens is 1. The fraction of sp³-hybridized carbons (Fsp3) is 0.111. The smallest absolute Gasteiger partial charge is 0.177 e. The lowest BCUT2D eigenvalue weighted by Crippen LogP contribution is -3.03. The second-order valence-electron chi connectivity index (χ2n) is 2.69. The van der Waals surface area contributed by atoms with Crippen molar-refractivity contribution in [2.24, 2.45) is 4.99 Å². The molecule has 1 aromatic carbocycles. The Morgan fingerprint density at radius 2 is 2.09 bits per heavy atom. The predicted octanol–water partition coefficient (Wildman–Crippen LogP) is 1.06. The first-order valence-electron chi connectivity index (χ1n) is 3.63. The Labute approximate surface area is 66.2 Å². The van der Waals surface area contributed by atoms with Crippen LogP contribution < -0.4 is 4.90 Å². The number of rotatable bonds is 0. The molecule has 1 atom stereocenters. The van der Waals surface area contributed by atoms with Crippen LogP contribution in [0.1, 0.15) is 6.92 Å². The van der Waals surface area contributed by atoms with Crippen LogP contribution in [0.3, 0.4) is 0 Å².